The fourth-order valence-electron chi connectivity index (χ4n) is 2.80. The fourth-order valence-corrected chi connectivity index (χ4v) is 4.82. The van der Waals surface area contributed by atoms with Crippen LogP contribution in [0.25, 0.3) is 0 Å². The van der Waals surface area contributed by atoms with Gasteiger partial charge in [0.15, 0.2) is 0 Å². The third-order valence-corrected chi connectivity index (χ3v) is 6.37. The van der Waals surface area contributed by atoms with Crippen molar-refractivity contribution >= 4 is 10.0 Å². The predicted molar refractivity (Wildman–Crippen MR) is 69.1 cm³/mol. The number of nitrogens with one attached hydrogen (secondary N) is 1. The molecule has 0 aromatic rings. The maximum Gasteiger partial charge on any atom is 0.215 e. The highest BCUT2D eigenvalue weighted by Gasteiger charge is 2.44. The molecule has 0 heterocycles. The van der Waals surface area contributed by atoms with Gasteiger partial charge in [0, 0.05) is 12.1 Å². The summed E-state index contributed by atoms with van der Waals surface area (Å²) in [6.45, 7) is 2.34. The lowest BCUT2D eigenvalue weighted by Crippen LogP contribution is -2.55. The fraction of sp³-hybridized carbons (Fsp3) is 1.00. The second-order valence-electron chi connectivity index (χ2n) is 5.80. The second-order valence-corrected chi connectivity index (χ2v) is 7.76. The van der Waals surface area contributed by atoms with Crippen molar-refractivity contribution in [3.63, 3.8) is 0 Å². The third kappa shape index (κ3) is 3.01. The zero-order valence-corrected chi connectivity index (χ0v) is 11.4. The van der Waals surface area contributed by atoms with E-state index >= 15 is 0 Å². The average molecular weight is 260 g/mol. The Kier molecular flexibility index (Phi) is 3.80. The Hall–Kier alpha value is -0.130. The quantitative estimate of drug-likeness (QED) is 0.784. The predicted octanol–water partition coefficient (Wildman–Crippen LogP) is 1.37. The van der Waals surface area contributed by atoms with E-state index in [2.05, 4.69) is 4.72 Å². The summed E-state index contributed by atoms with van der Waals surface area (Å²) in [7, 11) is -3.19. The van der Waals surface area contributed by atoms with Crippen LogP contribution in [-0.2, 0) is 10.0 Å². The van der Waals surface area contributed by atoms with Crippen LogP contribution in [0.3, 0.4) is 0 Å². The molecule has 0 aromatic heterocycles. The number of nitrogens with two attached hydrogens (primary N) is 1. The summed E-state index contributed by atoms with van der Waals surface area (Å²) >= 11 is 0. The summed E-state index contributed by atoms with van der Waals surface area (Å²) in [6, 6.07) is 0. The molecule has 100 valence electrons. The first-order chi connectivity index (χ1) is 7.98. The molecule has 3 N–H and O–H groups in total. The Morgan fingerprint density at radius 3 is 2.24 bits per heavy atom. The van der Waals surface area contributed by atoms with Crippen molar-refractivity contribution in [3.8, 4) is 0 Å². The van der Waals surface area contributed by atoms with Gasteiger partial charge >= 0.3 is 0 Å². The molecule has 2 aliphatic carbocycles. The molecular weight excluding hydrogens is 236 g/mol. The summed E-state index contributed by atoms with van der Waals surface area (Å²) in [6.07, 6.45) is 7.05. The van der Waals surface area contributed by atoms with Gasteiger partial charge in [-0.05, 0) is 38.5 Å². The highest BCUT2D eigenvalue weighted by atomic mass is 32.2. The van der Waals surface area contributed by atoms with Gasteiger partial charge in [-0.15, -0.1) is 0 Å². The molecule has 2 rings (SSSR count). The smallest absolute Gasteiger partial charge is 0.215 e. The van der Waals surface area contributed by atoms with Crippen molar-refractivity contribution in [1.29, 1.82) is 0 Å². The monoisotopic (exact) mass is 260 g/mol. The second kappa shape index (κ2) is 4.86. The van der Waals surface area contributed by atoms with Crippen LogP contribution in [0.5, 0.6) is 0 Å². The maximum absolute atomic E-state index is 12.3. The average Bonchev–Trinajstić information content (AvgIpc) is 3.14. The molecule has 2 fully saturated rings. The van der Waals surface area contributed by atoms with Crippen LogP contribution < -0.4 is 10.5 Å². The molecule has 17 heavy (non-hydrogen) atoms. The lowest BCUT2D eigenvalue weighted by atomic mass is 9.98. The summed E-state index contributed by atoms with van der Waals surface area (Å²) in [5, 5.41) is -0.194. The van der Waals surface area contributed by atoms with Crippen LogP contribution in [0.1, 0.15) is 51.9 Å². The molecule has 0 bridgehead atoms. The molecule has 4 nitrogen and oxygen atoms in total. The molecule has 0 radical (unpaired) electrons. The molecule has 0 saturated heterocycles. The Morgan fingerprint density at radius 1 is 1.18 bits per heavy atom. The van der Waals surface area contributed by atoms with Crippen LogP contribution in [0.2, 0.25) is 0 Å². The van der Waals surface area contributed by atoms with E-state index in [0.717, 1.165) is 38.5 Å². The molecule has 0 spiro atoms. The van der Waals surface area contributed by atoms with E-state index < -0.39 is 15.6 Å². The highest BCUT2D eigenvalue weighted by molar-refractivity contribution is 7.90. The molecule has 2 saturated carbocycles. The summed E-state index contributed by atoms with van der Waals surface area (Å²) in [5.41, 5.74) is 5.34. The Morgan fingerprint density at radius 2 is 1.76 bits per heavy atom. The van der Waals surface area contributed by atoms with E-state index in [1.807, 2.05) is 6.92 Å². The van der Waals surface area contributed by atoms with E-state index in [9.17, 15) is 8.42 Å². The minimum Gasteiger partial charge on any atom is -0.329 e. The van der Waals surface area contributed by atoms with E-state index in [-0.39, 0.29) is 5.25 Å². The van der Waals surface area contributed by atoms with Crippen molar-refractivity contribution in [1.82, 2.24) is 4.72 Å². The molecule has 2 aliphatic rings. The third-order valence-electron chi connectivity index (χ3n) is 4.27. The summed E-state index contributed by atoms with van der Waals surface area (Å²) in [4.78, 5) is 0. The van der Waals surface area contributed by atoms with Gasteiger partial charge in [0.05, 0.1) is 5.25 Å². The topological polar surface area (TPSA) is 72.2 Å². The number of rotatable bonds is 5. The van der Waals surface area contributed by atoms with Gasteiger partial charge in [0.1, 0.15) is 0 Å². The van der Waals surface area contributed by atoms with Gasteiger partial charge in [-0.1, -0.05) is 19.3 Å². The van der Waals surface area contributed by atoms with Gasteiger partial charge in [-0.25, -0.2) is 13.1 Å². The van der Waals surface area contributed by atoms with Gasteiger partial charge in [-0.3, -0.25) is 0 Å². The van der Waals surface area contributed by atoms with Crippen LogP contribution >= 0.6 is 0 Å². The highest BCUT2D eigenvalue weighted by Crippen LogP contribution is 2.40. The lowest BCUT2D eigenvalue weighted by molar-refractivity contribution is 0.367. The maximum atomic E-state index is 12.3. The minimum atomic E-state index is -3.19. The van der Waals surface area contributed by atoms with Crippen LogP contribution in [0, 0.1) is 5.92 Å². The van der Waals surface area contributed by atoms with E-state index in [1.54, 1.807) is 0 Å². The van der Waals surface area contributed by atoms with Crippen molar-refractivity contribution in [3.05, 3.63) is 0 Å². The normalized spacial score (nSPS) is 26.7. The number of hydrogen-bond donors (Lipinski definition) is 2. The standard InChI is InChI=1S/C12H24N2O2S/c1-12(9-13,10-7-8-10)14-17(15,16)11-5-3-2-4-6-11/h10-11,14H,2-9,13H2,1H3. The van der Waals surface area contributed by atoms with Gasteiger partial charge in [0.25, 0.3) is 0 Å². The Bertz CT molecular complexity index is 359. The SMILES string of the molecule is CC(CN)(NS(=O)(=O)C1CCCCC1)C1CC1. The molecule has 5 heteroatoms. The summed E-state index contributed by atoms with van der Waals surface area (Å²) < 4.78 is 27.5. The molecule has 0 aromatic carbocycles. The molecular formula is C12H24N2O2S. The van der Waals surface area contributed by atoms with Crippen LogP contribution in [-0.4, -0.2) is 25.8 Å². The molecule has 1 atom stereocenters. The summed E-state index contributed by atoms with van der Waals surface area (Å²) in [5.74, 6) is 0.436. The zero-order valence-electron chi connectivity index (χ0n) is 10.6. The first-order valence-electron chi connectivity index (χ1n) is 6.71. The van der Waals surface area contributed by atoms with Gasteiger partial charge < -0.3 is 5.73 Å². The van der Waals surface area contributed by atoms with E-state index in [4.69, 9.17) is 5.73 Å². The largest absolute Gasteiger partial charge is 0.329 e. The van der Waals surface area contributed by atoms with Gasteiger partial charge in [-0.2, -0.15) is 0 Å². The molecule has 1 unspecified atom stereocenters. The van der Waals surface area contributed by atoms with Crippen molar-refractivity contribution in [2.45, 2.75) is 62.7 Å². The van der Waals surface area contributed by atoms with Crippen molar-refractivity contribution < 1.29 is 8.42 Å². The zero-order chi connectivity index (χ0) is 12.5. The molecule has 0 aliphatic heterocycles. The first kappa shape index (κ1) is 13.3. The molecule has 0 amide bonds. The van der Waals surface area contributed by atoms with E-state index in [1.165, 1.54) is 6.42 Å². The minimum absolute atomic E-state index is 0.194. The van der Waals surface area contributed by atoms with E-state index in [0.29, 0.717) is 12.5 Å². The van der Waals surface area contributed by atoms with Crippen LogP contribution in [0.4, 0.5) is 0 Å². The number of hydrogen-bond acceptors (Lipinski definition) is 3. The van der Waals surface area contributed by atoms with Crippen molar-refractivity contribution in [2.24, 2.45) is 11.7 Å². The van der Waals surface area contributed by atoms with Crippen molar-refractivity contribution in [2.75, 3.05) is 6.54 Å². The first-order valence-corrected chi connectivity index (χ1v) is 8.25. The number of sulfonamides is 1. The Balaban J connectivity index is 2.04. The van der Waals surface area contributed by atoms with Crippen LogP contribution in [0.15, 0.2) is 0 Å². The van der Waals surface area contributed by atoms with Gasteiger partial charge in [0.2, 0.25) is 10.0 Å². The lowest BCUT2D eigenvalue weighted by Gasteiger charge is -2.32. The Labute approximate surface area is 104 Å².